The number of ether oxygens (including phenoxy) is 1. The van der Waals surface area contributed by atoms with Crippen LogP contribution in [0.4, 0.5) is 11.6 Å². The van der Waals surface area contributed by atoms with Crippen LogP contribution in [0.3, 0.4) is 0 Å². The highest BCUT2D eigenvalue weighted by Gasteiger charge is 2.20. The molecule has 0 atom stereocenters. The van der Waals surface area contributed by atoms with Gasteiger partial charge in [-0.15, -0.1) is 5.10 Å². The monoisotopic (exact) mass is 443 g/mol. The Hall–Kier alpha value is -4.21. The zero-order chi connectivity index (χ0) is 23.1. The first-order valence-electron chi connectivity index (χ1n) is 10.7. The van der Waals surface area contributed by atoms with Crippen molar-refractivity contribution < 1.29 is 4.74 Å². The van der Waals surface area contributed by atoms with Crippen LogP contribution >= 0.6 is 0 Å². The molecule has 0 spiro atoms. The third-order valence-corrected chi connectivity index (χ3v) is 5.50. The molecule has 10 nitrogen and oxygen atoms in total. The van der Waals surface area contributed by atoms with Crippen molar-refractivity contribution in [3.05, 3.63) is 54.6 Å². The summed E-state index contributed by atoms with van der Waals surface area (Å²) in [6.07, 6.45) is 7.57. The zero-order valence-corrected chi connectivity index (χ0v) is 19.2. The Morgan fingerprint density at radius 2 is 1.91 bits per heavy atom. The Balaban J connectivity index is 1.69. The predicted octanol–water partition coefficient (Wildman–Crippen LogP) is 4.03. The molecule has 5 aromatic heterocycles. The van der Waals surface area contributed by atoms with Crippen molar-refractivity contribution in [3.63, 3.8) is 0 Å². The second kappa shape index (κ2) is 8.05. The third kappa shape index (κ3) is 3.69. The number of imidazole rings is 1. The van der Waals surface area contributed by atoms with Crippen LogP contribution in [-0.2, 0) is 7.05 Å². The van der Waals surface area contributed by atoms with Crippen LogP contribution in [0, 0.1) is 6.92 Å². The standard InChI is InChI=1S/C23H25N9O/c1-14(2)31-11-9-17(28-31)16-13-32-20(15(16)3)21(26-18-7-6-8-19(25-18)33-5)27-22(29-32)23-24-10-12-30(23)4/h6-14H,1-5H3,(H,25,26,27,29). The minimum absolute atomic E-state index is 0.280. The maximum atomic E-state index is 5.27. The molecule has 0 unspecified atom stereocenters. The number of nitrogens with zero attached hydrogens (tertiary/aromatic N) is 8. The maximum absolute atomic E-state index is 5.27. The average molecular weight is 444 g/mol. The minimum atomic E-state index is 0.280. The van der Waals surface area contributed by atoms with Crippen molar-refractivity contribution in [2.75, 3.05) is 12.4 Å². The molecule has 0 saturated carbocycles. The van der Waals surface area contributed by atoms with Crippen molar-refractivity contribution in [3.8, 4) is 28.8 Å². The van der Waals surface area contributed by atoms with Crippen molar-refractivity contribution >= 4 is 17.2 Å². The van der Waals surface area contributed by atoms with E-state index in [9.17, 15) is 0 Å². The van der Waals surface area contributed by atoms with Gasteiger partial charge in [-0.25, -0.2) is 14.5 Å². The molecule has 1 N–H and O–H groups in total. The SMILES string of the molecule is COc1cccc(Nc2nc(-c3nccn3C)nn3cc(-c4ccn(C(C)C)n4)c(C)c23)n1. The Morgan fingerprint density at radius 1 is 1.06 bits per heavy atom. The van der Waals surface area contributed by atoms with Gasteiger partial charge in [0.15, 0.2) is 11.6 Å². The maximum Gasteiger partial charge on any atom is 0.218 e. The molecule has 10 heteroatoms. The van der Waals surface area contributed by atoms with E-state index in [1.165, 1.54) is 0 Å². The first-order valence-corrected chi connectivity index (χ1v) is 10.7. The van der Waals surface area contributed by atoms with E-state index in [0.29, 0.717) is 29.2 Å². The number of rotatable bonds is 6. The smallest absolute Gasteiger partial charge is 0.218 e. The molecule has 5 aromatic rings. The number of aromatic nitrogens is 8. The summed E-state index contributed by atoms with van der Waals surface area (Å²) in [6.45, 7) is 6.26. The number of hydrogen-bond acceptors (Lipinski definition) is 7. The summed E-state index contributed by atoms with van der Waals surface area (Å²) >= 11 is 0. The second-order valence-electron chi connectivity index (χ2n) is 8.07. The summed E-state index contributed by atoms with van der Waals surface area (Å²) < 4.78 is 10.9. The average Bonchev–Trinajstić information content (AvgIpc) is 3.52. The number of anilines is 2. The first-order chi connectivity index (χ1) is 15.9. The molecular formula is C23H25N9O. The fraction of sp³-hybridized carbons (Fsp3) is 0.261. The summed E-state index contributed by atoms with van der Waals surface area (Å²) in [5.41, 5.74) is 3.73. The number of methoxy groups -OCH3 is 1. The van der Waals surface area contributed by atoms with Gasteiger partial charge in [-0.05, 0) is 38.5 Å². The third-order valence-electron chi connectivity index (χ3n) is 5.50. The van der Waals surface area contributed by atoms with Gasteiger partial charge >= 0.3 is 0 Å². The summed E-state index contributed by atoms with van der Waals surface area (Å²) in [4.78, 5) is 13.7. The molecule has 5 heterocycles. The highest BCUT2D eigenvalue weighted by Crippen LogP contribution is 2.32. The fourth-order valence-electron chi connectivity index (χ4n) is 3.74. The van der Waals surface area contributed by atoms with Gasteiger partial charge in [0.2, 0.25) is 11.7 Å². The fourth-order valence-corrected chi connectivity index (χ4v) is 3.74. The van der Waals surface area contributed by atoms with Gasteiger partial charge in [-0.3, -0.25) is 4.68 Å². The molecule has 168 valence electrons. The summed E-state index contributed by atoms with van der Waals surface area (Å²) in [5, 5.41) is 12.9. The van der Waals surface area contributed by atoms with E-state index in [1.54, 1.807) is 19.4 Å². The van der Waals surface area contributed by atoms with Crippen LogP contribution in [-0.4, -0.2) is 46.0 Å². The number of hydrogen-bond donors (Lipinski definition) is 1. The van der Waals surface area contributed by atoms with Gasteiger partial charge < -0.3 is 14.6 Å². The summed E-state index contributed by atoms with van der Waals surface area (Å²) in [7, 11) is 3.51. The molecule has 0 amide bonds. The number of aryl methyl sites for hydroxylation is 2. The van der Waals surface area contributed by atoms with Crippen molar-refractivity contribution in [1.82, 2.24) is 38.9 Å². The minimum Gasteiger partial charge on any atom is -0.481 e. The Kier molecular flexibility index (Phi) is 5.04. The van der Waals surface area contributed by atoms with Crippen molar-refractivity contribution in [2.45, 2.75) is 26.8 Å². The van der Waals surface area contributed by atoms with E-state index in [4.69, 9.17) is 19.9 Å². The van der Waals surface area contributed by atoms with Crippen LogP contribution in [0.25, 0.3) is 28.4 Å². The molecule has 0 aliphatic carbocycles. The Morgan fingerprint density at radius 3 is 2.61 bits per heavy atom. The predicted molar refractivity (Wildman–Crippen MR) is 126 cm³/mol. The van der Waals surface area contributed by atoms with Gasteiger partial charge in [-0.2, -0.15) is 10.1 Å². The normalized spacial score (nSPS) is 11.5. The van der Waals surface area contributed by atoms with E-state index in [2.05, 4.69) is 29.1 Å². The molecular weight excluding hydrogens is 418 g/mol. The lowest BCUT2D eigenvalue weighted by Gasteiger charge is -2.10. The lowest BCUT2D eigenvalue weighted by molar-refractivity contribution is 0.398. The van der Waals surface area contributed by atoms with E-state index >= 15 is 0 Å². The Labute approximate surface area is 190 Å². The molecule has 0 aliphatic heterocycles. The van der Waals surface area contributed by atoms with Crippen LogP contribution in [0.2, 0.25) is 0 Å². The van der Waals surface area contributed by atoms with Gasteiger partial charge in [0.05, 0.1) is 12.8 Å². The van der Waals surface area contributed by atoms with Gasteiger partial charge in [0.1, 0.15) is 11.3 Å². The van der Waals surface area contributed by atoms with Crippen LogP contribution < -0.4 is 10.1 Å². The van der Waals surface area contributed by atoms with Crippen LogP contribution in [0.15, 0.2) is 49.1 Å². The Bertz CT molecular complexity index is 1440. The van der Waals surface area contributed by atoms with Crippen molar-refractivity contribution in [1.29, 1.82) is 0 Å². The largest absolute Gasteiger partial charge is 0.481 e. The summed E-state index contributed by atoms with van der Waals surface area (Å²) in [6, 6.07) is 7.84. The van der Waals surface area contributed by atoms with Crippen LogP contribution in [0.1, 0.15) is 25.5 Å². The quantitative estimate of drug-likeness (QED) is 0.423. The molecule has 0 aromatic carbocycles. The lowest BCUT2D eigenvalue weighted by atomic mass is 10.1. The van der Waals surface area contributed by atoms with E-state index in [-0.39, 0.29) is 6.04 Å². The molecule has 0 aliphatic rings. The first kappa shape index (κ1) is 20.7. The topological polar surface area (TPSA) is 100.0 Å². The van der Waals surface area contributed by atoms with Gasteiger partial charge in [0.25, 0.3) is 0 Å². The molecule has 5 rings (SSSR count). The molecule has 0 radical (unpaired) electrons. The van der Waals surface area contributed by atoms with Crippen molar-refractivity contribution in [2.24, 2.45) is 7.05 Å². The number of nitrogens with one attached hydrogen (secondary N) is 1. The van der Waals surface area contributed by atoms with E-state index in [0.717, 1.165) is 22.3 Å². The number of fused-ring (bicyclic) bond motifs is 1. The van der Waals surface area contributed by atoms with E-state index < -0.39 is 0 Å². The second-order valence-corrected chi connectivity index (χ2v) is 8.07. The van der Waals surface area contributed by atoms with Crippen LogP contribution in [0.5, 0.6) is 5.88 Å². The molecule has 0 fully saturated rings. The lowest BCUT2D eigenvalue weighted by Crippen LogP contribution is -2.07. The number of pyridine rings is 1. The van der Waals surface area contributed by atoms with Gasteiger partial charge in [-0.1, -0.05) is 6.07 Å². The molecule has 0 bridgehead atoms. The highest BCUT2D eigenvalue weighted by molar-refractivity contribution is 5.84. The highest BCUT2D eigenvalue weighted by atomic mass is 16.5. The zero-order valence-electron chi connectivity index (χ0n) is 19.2. The summed E-state index contributed by atoms with van der Waals surface area (Å²) in [5.74, 6) is 2.91. The molecule has 0 saturated heterocycles. The van der Waals surface area contributed by atoms with E-state index in [1.807, 2.05) is 64.5 Å². The molecule has 33 heavy (non-hydrogen) atoms. The van der Waals surface area contributed by atoms with Gasteiger partial charge in [0, 0.05) is 49.5 Å².